The smallest absolute Gasteiger partial charge is 0.293 e. The summed E-state index contributed by atoms with van der Waals surface area (Å²) in [6.45, 7) is 7.77. The summed E-state index contributed by atoms with van der Waals surface area (Å²) in [4.78, 5) is 43.3. The third-order valence-corrected chi connectivity index (χ3v) is 6.20. The number of nitrogens with zero attached hydrogens (tertiary/aromatic N) is 7. The van der Waals surface area contributed by atoms with Gasteiger partial charge in [0.15, 0.2) is 5.52 Å². The molecule has 1 fully saturated rings. The number of fused-ring (bicyclic) bond motifs is 2. The van der Waals surface area contributed by atoms with Crippen molar-refractivity contribution in [2.24, 2.45) is 0 Å². The van der Waals surface area contributed by atoms with Crippen LogP contribution in [0.25, 0.3) is 22.1 Å². The van der Waals surface area contributed by atoms with Crippen molar-refractivity contribution in [3.05, 3.63) is 56.9 Å². The summed E-state index contributed by atoms with van der Waals surface area (Å²) >= 11 is 0. The van der Waals surface area contributed by atoms with Gasteiger partial charge in [-0.15, -0.1) is 5.92 Å². The predicted octanol–water partition coefficient (Wildman–Crippen LogP) is 1.19. The van der Waals surface area contributed by atoms with Gasteiger partial charge in [-0.3, -0.25) is 24.1 Å². The lowest BCUT2D eigenvalue weighted by Gasteiger charge is -2.28. The van der Waals surface area contributed by atoms with Gasteiger partial charge in [0.25, 0.3) is 11.1 Å². The summed E-state index contributed by atoms with van der Waals surface area (Å²) in [6.07, 6.45) is 4.15. The maximum absolute atomic E-state index is 14.0. The van der Waals surface area contributed by atoms with E-state index in [0.717, 1.165) is 42.8 Å². The highest BCUT2D eigenvalue weighted by Crippen LogP contribution is 2.19. The standard InChI is InChI=1S/C25H28N8O2/c1-3-5-12-31-22-21(29-25(31)30-13-9-26-10-14-30)23(34)32(11-4-2)33(24(22)35)17-18-15-20-19(28-16-18)7-6-8-27-20/h6-8,15-16,26H,4,9-14,17H2,1-2H3. The summed E-state index contributed by atoms with van der Waals surface area (Å²) in [6, 6.07) is 5.64. The fraction of sp³-hybridized carbons (Fsp3) is 0.400. The van der Waals surface area contributed by atoms with Crippen LogP contribution in [0.1, 0.15) is 25.8 Å². The number of hydrogen-bond donors (Lipinski definition) is 1. The molecule has 10 heteroatoms. The number of pyridine rings is 2. The Morgan fingerprint density at radius 2 is 1.91 bits per heavy atom. The van der Waals surface area contributed by atoms with E-state index in [9.17, 15) is 9.59 Å². The lowest BCUT2D eigenvalue weighted by Crippen LogP contribution is -2.44. The second-order valence-electron chi connectivity index (χ2n) is 8.54. The summed E-state index contributed by atoms with van der Waals surface area (Å²) in [5.41, 5.74) is 2.28. The van der Waals surface area contributed by atoms with E-state index in [1.807, 2.05) is 25.1 Å². The summed E-state index contributed by atoms with van der Waals surface area (Å²) in [5.74, 6) is 6.58. The maximum atomic E-state index is 14.0. The van der Waals surface area contributed by atoms with E-state index in [1.54, 1.807) is 23.9 Å². The van der Waals surface area contributed by atoms with Crippen molar-refractivity contribution >= 4 is 28.0 Å². The van der Waals surface area contributed by atoms with E-state index in [-0.39, 0.29) is 23.2 Å². The zero-order chi connectivity index (χ0) is 24.4. The number of anilines is 1. The second kappa shape index (κ2) is 9.72. The van der Waals surface area contributed by atoms with E-state index in [2.05, 4.69) is 32.0 Å². The van der Waals surface area contributed by atoms with Gasteiger partial charge in [0.1, 0.15) is 5.52 Å². The van der Waals surface area contributed by atoms with Gasteiger partial charge >= 0.3 is 0 Å². The van der Waals surface area contributed by atoms with Crippen molar-refractivity contribution < 1.29 is 0 Å². The van der Waals surface area contributed by atoms with Gasteiger partial charge < -0.3 is 10.2 Å². The van der Waals surface area contributed by atoms with Crippen molar-refractivity contribution in [1.82, 2.24) is 34.2 Å². The summed E-state index contributed by atoms with van der Waals surface area (Å²) in [7, 11) is 0. The number of aromatic nitrogens is 6. The number of rotatable bonds is 6. The van der Waals surface area contributed by atoms with E-state index in [0.29, 0.717) is 31.0 Å². The Labute approximate surface area is 202 Å². The number of imidazole rings is 1. The monoisotopic (exact) mass is 472 g/mol. The number of nitrogens with one attached hydrogen (secondary N) is 1. The first-order valence-corrected chi connectivity index (χ1v) is 11.9. The minimum absolute atomic E-state index is 0.199. The zero-order valence-corrected chi connectivity index (χ0v) is 20.0. The highest BCUT2D eigenvalue weighted by atomic mass is 16.2. The molecule has 35 heavy (non-hydrogen) atoms. The van der Waals surface area contributed by atoms with Gasteiger partial charge in [-0.1, -0.05) is 12.8 Å². The van der Waals surface area contributed by atoms with Crippen LogP contribution in [-0.4, -0.2) is 55.1 Å². The Hall–Kier alpha value is -3.97. The van der Waals surface area contributed by atoms with Gasteiger partial charge in [-0.05, 0) is 37.1 Å². The highest BCUT2D eigenvalue weighted by Gasteiger charge is 2.25. The van der Waals surface area contributed by atoms with Crippen LogP contribution in [0.3, 0.4) is 0 Å². The van der Waals surface area contributed by atoms with E-state index < -0.39 is 0 Å². The minimum Gasteiger partial charge on any atom is -0.340 e. The van der Waals surface area contributed by atoms with Crippen molar-refractivity contribution in [1.29, 1.82) is 0 Å². The lowest BCUT2D eigenvalue weighted by atomic mass is 10.2. The van der Waals surface area contributed by atoms with Crippen LogP contribution in [0.15, 0.2) is 40.2 Å². The molecule has 0 atom stereocenters. The van der Waals surface area contributed by atoms with Gasteiger partial charge in [-0.25, -0.2) is 14.3 Å². The Kier molecular flexibility index (Phi) is 6.33. The molecule has 1 aliphatic heterocycles. The molecule has 1 saturated heterocycles. The van der Waals surface area contributed by atoms with Crippen LogP contribution < -0.4 is 21.3 Å². The van der Waals surface area contributed by atoms with Gasteiger partial charge in [0, 0.05) is 45.1 Å². The number of hydrogen-bond acceptors (Lipinski definition) is 7. The summed E-state index contributed by atoms with van der Waals surface area (Å²) < 4.78 is 4.82. The van der Waals surface area contributed by atoms with E-state index >= 15 is 0 Å². The van der Waals surface area contributed by atoms with E-state index in [1.165, 1.54) is 9.36 Å². The lowest BCUT2D eigenvalue weighted by molar-refractivity contribution is 0.437. The third kappa shape index (κ3) is 4.19. The molecule has 0 unspecified atom stereocenters. The van der Waals surface area contributed by atoms with Gasteiger partial charge in [-0.2, -0.15) is 0 Å². The molecule has 0 saturated carbocycles. The molecule has 5 rings (SSSR count). The topological polar surface area (TPSA) is 103 Å². The van der Waals surface area contributed by atoms with Crippen molar-refractivity contribution in [3.8, 4) is 11.8 Å². The van der Waals surface area contributed by atoms with E-state index in [4.69, 9.17) is 4.98 Å². The second-order valence-corrected chi connectivity index (χ2v) is 8.54. The van der Waals surface area contributed by atoms with Crippen LogP contribution in [0, 0.1) is 11.8 Å². The van der Waals surface area contributed by atoms with Crippen LogP contribution >= 0.6 is 0 Å². The van der Waals surface area contributed by atoms with Gasteiger partial charge in [0.2, 0.25) is 5.95 Å². The molecule has 180 valence electrons. The molecule has 0 amide bonds. The first-order valence-electron chi connectivity index (χ1n) is 11.9. The minimum atomic E-state index is -0.270. The Morgan fingerprint density at radius 1 is 1.09 bits per heavy atom. The van der Waals surface area contributed by atoms with Gasteiger partial charge in [0.05, 0.1) is 24.1 Å². The molecular weight excluding hydrogens is 444 g/mol. The normalized spacial score (nSPS) is 13.8. The molecule has 4 aromatic heterocycles. The third-order valence-electron chi connectivity index (χ3n) is 6.20. The molecule has 0 spiro atoms. The number of piperazine rings is 1. The Morgan fingerprint density at radius 3 is 2.69 bits per heavy atom. The zero-order valence-electron chi connectivity index (χ0n) is 20.0. The van der Waals surface area contributed by atoms with Crippen LogP contribution in [0.5, 0.6) is 0 Å². The molecule has 0 aliphatic carbocycles. The molecule has 10 nitrogen and oxygen atoms in total. The van der Waals surface area contributed by atoms with Crippen molar-refractivity contribution in [2.45, 2.75) is 39.9 Å². The average Bonchev–Trinajstić information content (AvgIpc) is 3.28. The SMILES string of the molecule is CC#CCn1c(N2CCNCC2)nc2c(=O)n(CCC)n(Cc3cnc4cccnc4c3)c(=O)c21. The molecular formula is C25H28N8O2. The van der Waals surface area contributed by atoms with Crippen LogP contribution in [0.4, 0.5) is 5.95 Å². The fourth-order valence-corrected chi connectivity index (χ4v) is 4.53. The highest BCUT2D eigenvalue weighted by molar-refractivity contribution is 5.77. The van der Waals surface area contributed by atoms with Crippen LogP contribution in [-0.2, 0) is 19.6 Å². The molecule has 5 heterocycles. The quantitative estimate of drug-likeness (QED) is 0.421. The maximum Gasteiger partial charge on any atom is 0.293 e. The fourth-order valence-electron chi connectivity index (χ4n) is 4.53. The molecule has 4 aromatic rings. The largest absolute Gasteiger partial charge is 0.340 e. The Balaban J connectivity index is 1.72. The van der Waals surface area contributed by atoms with Crippen molar-refractivity contribution in [3.63, 3.8) is 0 Å². The molecule has 1 aliphatic rings. The Bertz CT molecular complexity index is 1560. The average molecular weight is 473 g/mol. The summed E-state index contributed by atoms with van der Waals surface area (Å²) in [5, 5.41) is 3.33. The van der Waals surface area contributed by atoms with Crippen LogP contribution in [0.2, 0.25) is 0 Å². The molecule has 1 N–H and O–H groups in total. The molecule has 0 radical (unpaired) electrons. The molecule has 0 bridgehead atoms. The van der Waals surface area contributed by atoms with Crippen molar-refractivity contribution in [2.75, 3.05) is 31.1 Å². The predicted molar refractivity (Wildman–Crippen MR) is 136 cm³/mol. The molecule has 0 aromatic carbocycles. The first kappa shape index (κ1) is 22.8. The first-order chi connectivity index (χ1) is 17.1.